The van der Waals surface area contributed by atoms with Crippen molar-refractivity contribution in [2.75, 3.05) is 20.0 Å². The van der Waals surface area contributed by atoms with Crippen LogP contribution in [0.25, 0.3) is 16.8 Å². The third-order valence-electron chi connectivity index (χ3n) is 4.56. The second kappa shape index (κ2) is 7.71. The zero-order valence-electron chi connectivity index (χ0n) is 16.1. The number of nitrogens with one attached hydrogen (secondary N) is 1. The van der Waals surface area contributed by atoms with Crippen molar-refractivity contribution in [2.45, 2.75) is 30.8 Å². The van der Waals surface area contributed by atoms with Crippen molar-refractivity contribution in [3.8, 4) is 22.6 Å². The van der Waals surface area contributed by atoms with Gasteiger partial charge in [0.1, 0.15) is 5.03 Å². The summed E-state index contributed by atoms with van der Waals surface area (Å²) in [5.74, 6) is 1.74. The van der Waals surface area contributed by atoms with E-state index in [9.17, 15) is 4.79 Å². The summed E-state index contributed by atoms with van der Waals surface area (Å²) in [4.78, 5) is 16.7. The number of benzene rings is 1. The van der Waals surface area contributed by atoms with Crippen LogP contribution in [-0.4, -0.2) is 46.5 Å². The average molecular weight is 398 g/mol. The molecule has 1 saturated carbocycles. The van der Waals surface area contributed by atoms with Crippen LogP contribution in [0.5, 0.6) is 11.5 Å². The number of ether oxygens (including phenoxy) is 2. The molecular weight excluding hydrogens is 376 g/mol. The van der Waals surface area contributed by atoms with Crippen molar-refractivity contribution in [3.05, 3.63) is 36.2 Å². The molecule has 1 aromatic carbocycles. The first kappa shape index (κ1) is 18.6. The fourth-order valence-electron chi connectivity index (χ4n) is 3.00. The molecule has 2 aromatic heterocycles. The largest absolute Gasteiger partial charge is 0.493 e. The fourth-order valence-corrected chi connectivity index (χ4v) is 3.87. The van der Waals surface area contributed by atoms with Crippen LogP contribution in [0.4, 0.5) is 0 Å². The lowest BCUT2D eigenvalue weighted by Crippen LogP contribution is -2.27. The summed E-state index contributed by atoms with van der Waals surface area (Å²) in [7, 11) is 3.22. The highest BCUT2D eigenvalue weighted by molar-refractivity contribution is 7.99. The van der Waals surface area contributed by atoms with E-state index in [1.165, 1.54) is 11.8 Å². The number of rotatable bonds is 7. The van der Waals surface area contributed by atoms with Crippen LogP contribution >= 0.6 is 11.8 Å². The van der Waals surface area contributed by atoms with Gasteiger partial charge in [0.2, 0.25) is 5.91 Å². The van der Waals surface area contributed by atoms with Crippen LogP contribution in [0.2, 0.25) is 0 Å². The zero-order valence-corrected chi connectivity index (χ0v) is 16.9. The molecule has 0 unspecified atom stereocenters. The van der Waals surface area contributed by atoms with Gasteiger partial charge < -0.3 is 14.8 Å². The Morgan fingerprint density at radius 2 is 2.04 bits per heavy atom. The summed E-state index contributed by atoms with van der Waals surface area (Å²) >= 11 is 1.47. The van der Waals surface area contributed by atoms with E-state index in [4.69, 9.17) is 9.47 Å². The van der Waals surface area contributed by atoms with Crippen LogP contribution in [0.15, 0.2) is 35.5 Å². The first-order valence-electron chi connectivity index (χ1n) is 9.09. The number of thioether (sulfide) groups is 1. The highest BCUT2D eigenvalue weighted by Gasteiger charge is 2.23. The Bertz CT molecular complexity index is 1030. The van der Waals surface area contributed by atoms with E-state index in [0.29, 0.717) is 23.3 Å². The van der Waals surface area contributed by atoms with Crippen LogP contribution in [0.3, 0.4) is 0 Å². The molecule has 1 aliphatic rings. The number of aryl methyl sites for hydroxylation is 1. The quantitative estimate of drug-likeness (QED) is 0.487. The number of carbonyl (C=O) groups is 1. The molecule has 1 amide bonds. The molecule has 2 heterocycles. The minimum atomic E-state index is 0.0578. The lowest BCUT2D eigenvalue weighted by atomic mass is 10.1. The van der Waals surface area contributed by atoms with Crippen LogP contribution in [0.1, 0.15) is 18.5 Å². The number of carbonyl (C=O) groups excluding carboxylic acids is 1. The molecule has 0 saturated heterocycles. The van der Waals surface area contributed by atoms with Gasteiger partial charge in [-0.05, 0) is 43.5 Å². The van der Waals surface area contributed by atoms with Gasteiger partial charge in [0, 0.05) is 17.3 Å². The second-order valence-electron chi connectivity index (χ2n) is 6.73. The van der Waals surface area contributed by atoms with E-state index >= 15 is 0 Å². The third-order valence-corrected chi connectivity index (χ3v) is 5.55. The topological polar surface area (TPSA) is 77.8 Å². The summed E-state index contributed by atoms with van der Waals surface area (Å²) in [6.07, 6.45) is 3.96. The SMILES string of the molecule is COc1ccc(-c2cnn3c(SCC(=O)NC4CC4)cc(C)nc23)cc1OC. The maximum atomic E-state index is 12.0. The summed E-state index contributed by atoms with van der Waals surface area (Å²) in [5.41, 5.74) is 3.46. The maximum Gasteiger partial charge on any atom is 0.230 e. The molecule has 1 aliphatic carbocycles. The molecule has 28 heavy (non-hydrogen) atoms. The van der Waals surface area contributed by atoms with E-state index in [2.05, 4.69) is 15.4 Å². The third kappa shape index (κ3) is 3.77. The smallest absolute Gasteiger partial charge is 0.230 e. The number of hydrogen-bond acceptors (Lipinski definition) is 6. The molecule has 0 aliphatic heterocycles. The Labute approximate surface area is 167 Å². The van der Waals surface area contributed by atoms with E-state index in [1.807, 2.05) is 31.2 Å². The molecule has 4 rings (SSSR count). The summed E-state index contributed by atoms with van der Waals surface area (Å²) < 4.78 is 12.5. The number of aromatic nitrogens is 3. The normalized spacial score (nSPS) is 13.5. The number of nitrogens with zero attached hydrogens (tertiary/aromatic N) is 3. The number of fused-ring (bicyclic) bond motifs is 1. The van der Waals surface area contributed by atoms with Gasteiger partial charge in [0.05, 0.1) is 26.2 Å². The summed E-state index contributed by atoms with van der Waals surface area (Å²) in [6, 6.07) is 8.06. The molecule has 0 spiro atoms. The molecule has 0 atom stereocenters. The van der Waals surface area contributed by atoms with Gasteiger partial charge in [-0.25, -0.2) is 9.50 Å². The van der Waals surface area contributed by atoms with E-state index in [1.54, 1.807) is 24.9 Å². The van der Waals surface area contributed by atoms with E-state index < -0.39 is 0 Å². The first-order valence-corrected chi connectivity index (χ1v) is 10.1. The predicted octanol–water partition coefficient (Wildman–Crippen LogP) is 3.09. The molecule has 0 bridgehead atoms. The molecule has 0 radical (unpaired) electrons. The van der Waals surface area contributed by atoms with Crippen LogP contribution in [0, 0.1) is 6.92 Å². The minimum absolute atomic E-state index is 0.0578. The Balaban J connectivity index is 1.66. The Kier molecular flexibility index (Phi) is 5.13. The first-order chi connectivity index (χ1) is 13.6. The van der Waals surface area contributed by atoms with Crippen molar-refractivity contribution < 1.29 is 14.3 Å². The number of hydrogen-bond donors (Lipinski definition) is 1. The molecule has 8 heteroatoms. The van der Waals surface area contributed by atoms with Gasteiger partial charge in [-0.1, -0.05) is 17.8 Å². The van der Waals surface area contributed by atoms with Crippen LogP contribution < -0.4 is 14.8 Å². The van der Waals surface area contributed by atoms with Crippen molar-refractivity contribution in [3.63, 3.8) is 0 Å². The second-order valence-corrected chi connectivity index (χ2v) is 7.73. The van der Waals surface area contributed by atoms with Crippen molar-refractivity contribution in [2.24, 2.45) is 0 Å². The van der Waals surface area contributed by atoms with Gasteiger partial charge in [-0.2, -0.15) is 5.10 Å². The van der Waals surface area contributed by atoms with E-state index in [0.717, 1.165) is 40.3 Å². The zero-order chi connectivity index (χ0) is 19.7. The Morgan fingerprint density at radius 3 is 2.75 bits per heavy atom. The van der Waals surface area contributed by atoms with Crippen molar-refractivity contribution >= 4 is 23.3 Å². The molecular formula is C20H22N4O3S. The van der Waals surface area contributed by atoms with Gasteiger partial charge in [0.25, 0.3) is 0 Å². The minimum Gasteiger partial charge on any atom is -0.493 e. The highest BCUT2D eigenvalue weighted by atomic mass is 32.2. The van der Waals surface area contributed by atoms with Crippen LogP contribution in [-0.2, 0) is 4.79 Å². The maximum absolute atomic E-state index is 12.0. The van der Waals surface area contributed by atoms with Gasteiger partial charge >= 0.3 is 0 Å². The lowest BCUT2D eigenvalue weighted by Gasteiger charge is -2.10. The monoisotopic (exact) mass is 398 g/mol. The molecule has 146 valence electrons. The lowest BCUT2D eigenvalue weighted by molar-refractivity contribution is -0.118. The Morgan fingerprint density at radius 1 is 1.25 bits per heavy atom. The van der Waals surface area contributed by atoms with Gasteiger partial charge in [0.15, 0.2) is 17.1 Å². The predicted molar refractivity (Wildman–Crippen MR) is 108 cm³/mol. The number of amides is 1. The van der Waals surface area contributed by atoms with E-state index in [-0.39, 0.29) is 5.91 Å². The molecule has 1 N–H and O–H groups in total. The Hall–Kier alpha value is -2.74. The number of methoxy groups -OCH3 is 2. The molecule has 1 fully saturated rings. The highest BCUT2D eigenvalue weighted by Crippen LogP contribution is 2.34. The molecule has 3 aromatic rings. The fraction of sp³-hybridized carbons (Fsp3) is 0.350. The van der Waals surface area contributed by atoms with Crippen molar-refractivity contribution in [1.29, 1.82) is 0 Å². The average Bonchev–Trinajstić information content (AvgIpc) is 3.41. The molecule has 7 nitrogen and oxygen atoms in total. The van der Waals surface area contributed by atoms with Gasteiger partial charge in [-0.3, -0.25) is 4.79 Å². The summed E-state index contributed by atoms with van der Waals surface area (Å²) in [6.45, 7) is 1.94. The van der Waals surface area contributed by atoms with Crippen molar-refractivity contribution in [1.82, 2.24) is 19.9 Å². The standard InChI is InChI=1S/C20H22N4O3S/c1-12-8-19(28-11-18(25)23-14-5-6-14)24-20(22-12)15(10-21-24)13-4-7-16(26-2)17(9-13)27-3/h4,7-10,14H,5-6,11H2,1-3H3,(H,23,25). The van der Waals surface area contributed by atoms with Gasteiger partial charge in [-0.15, -0.1) is 0 Å². The summed E-state index contributed by atoms with van der Waals surface area (Å²) in [5, 5.41) is 8.41.